The molecule has 3 N–H and O–H groups in total. The number of benzene rings is 1. The smallest absolute Gasteiger partial charge is 0.243 e. The van der Waals surface area contributed by atoms with Crippen LogP contribution in [0.1, 0.15) is 13.8 Å². The van der Waals surface area contributed by atoms with E-state index >= 15 is 0 Å². The Labute approximate surface area is 123 Å². The molecule has 0 heterocycles. The highest BCUT2D eigenvalue weighted by Crippen LogP contribution is 2.18. The van der Waals surface area contributed by atoms with Crippen LogP contribution in [0.2, 0.25) is 0 Å². The van der Waals surface area contributed by atoms with Gasteiger partial charge in [0.05, 0.1) is 17.6 Å². The first kappa shape index (κ1) is 18.0. The summed E-state index contributed by atoms with van der Waals surface area (Å²) in [6.07, 6.45) is -0.0553. The molecule has 0 saturated carbocycles. The molecule has 0 atom stereocenters. The number of ether oxygens (including phenoxy) is 1. The van der Waals surface area contributed by atoms with Crippen molar-refractivity contribution in [3.05, 3.63) is 24.0 Å². The minimum absolute atomic E-state index is 0.0309. The lowest BCUT2D eigenvalue weighted by Crippen LogP contribution is -2.29. The van der Waals surface area contributed by atoms with Crippen LogP contribution in [0.3, 0.4) is 0 Å². The molecule has 1 rings (SSSR count). The molecular formula is C11H17FN2O5S2. The Morgan fingerprint density at radius 1 is 1.29 bits per heavy atom. The summed E-state index contributed by atoms with van der Waals surface area (Å²) < 4.78 is 66.9. The van der Waals surface area contributed by atoms with Crippen molar-refractivity contribution in [3.63, 3.8) is 0 Å². The van der Waals surface area contributed by atoms with Crippen LogP contribution in [0.4, 0.5) is 4.39 Å². The summed E-state index contributed by atoms with van der Waals surface area (Å²) in [6, 6.07) is 2.34. The van der Waals surface area contributed by atoms with Crippen molar-refractivity contribution >= 4 is 20.0 Å². The molecule has 0 fully saturated rings. The number of hydrogen-bond donors (Lipinski definition) is 2. The second-order valence-corrected chi connectivity index (χ2v) is 7.75. The van der Waals surface area contributed by atoms with E-state index in [-0.39, 0.29) is 19.3 Å². The number of halogens is 1. The van der Waals surface area contributed by atoms with Crippen LogP contribution < -0.4 is 9.86 Å². The molecular weight excluding hydrogens is 323 g/mol. The zero-order chi connectivity index (χ0) is 16.3. The molecule has 21 heavy (non-hydrogen) atoms. The highest BCUT2D eigenvalue weighted by Gasteiger charge is 2.21. The topological polar surface area (TPSA) is 116 Å². The highest BCUT2D eigenvalue weighted by atomic mass is 32.2. The molecule has 0 spiro atoms. The molecule has 0 aliphatic carbocycles. The first-order valence-electron chi connectivity index (χ1n) is 5.97. The maximum atomic E-state index is 13.7. The van der Waals surface area contributed by atoms with Gasteiger partial charge in [-0.2, -0.15) is 0 Å². The van der Waals surface area contributed by atoms with Crippen molar-refractivity contribution < 1.29 is 26.0 Å². The molecule has 0 radical (unpaired) electrons. The number of nitrogens with two attached hydrogens (primary N) is 1. The summed E-state index contributed by atoms with van der Waals surface area (Å²) in [5.41, 5.74) is 0. The van der Waals surface area contributed by atoms with E-state index in [9.17, 15) is 21.2 Å². The van der Waals surface area contributed by atoms with Gasteiger partial charge in [0, 0.05) is 6.54 Å². The third-order valence-corrected chi connectivity index (χ3v) is 4.77. The minimum atomic E-state index is -4.09. The third-order valence-electron chi connectivity index (χ3n) is 2.37. The standard InChI is InChI=1S/C11H17FN2O5S2/c1-8(2)19-6-5-14-21(17,18)11-4-3-9(7-10(11)12)20(13,15)16/h3-4,7-8,14H,5-6H2,1-2H3,(H2,13,15,16). The Morgan fingerprint density at radius 3 is 2.38 bits per heavy atom. The summed E-state index contributed by atoms with van der Waals surface area (Å²) in [7, 11) is -8.19. The van der Waals surface area contributed by atoms with Crippen molar-refractivity contribution in [2.45, 2.75) is 29.7 Å². The van der Waals surface area contributed by atoms with Crippen LogP contribution in [0, 0.1) is 5.82 Å². The number of nitrogens with one attached hydrogen (secondary N) is 1. The molecule has 0 bridgehead atoms. The molecule has 0 amide bonds. The van der Waals surface area contributed by atoms with E-state index in [0.717, 1.165) is 12.1 Å². The molecule has 7 nitrogen and oxygen atoms in total. The average molecular weight is 340 g/mol. The van der Waals surface area contributed by atoms with Crippen LogP contribution in [0.15, 0.2) is 28.0 Å². The van der Waals surface area contributed by atoms with E-state index in [1.54, 1.807) is 13.8 Å². The van der Waals surface area contributed by atoms with E-state index in [1.807, 2.05) is 0 Å². The van der Waals surface area contributed by atoms with Gasteiger partial charge in [-0.15, -0.1) is 0 Å². The zero-order valence-electron chi connectivity index (χ0n) is 11.5. The number of rotatable bonds is 7. The van der Waals surface area contributed by atoms with E-state index < -0.39 is 35.7 Å². The third kappa shape index (κ3) is 5.32. The first-order valence-corrected chi connectivity index (χ1v) is 9.00. The van der Waals surface area contributed by atoms with Gasteiger partial charge >= 0.3 is 0 Å². The summed E-state index contributed by atoms with van der Waals surface area (Å²) >= 11 is 0. The fourth-order valence-electron chi connectivity index (χ4n) is 1.42. The van der Waals surface area contributed by atoms with Crippen molar-refractivity contribution in [1.29, 1.82) is 0 Å². The predicted octanol–water partition coefficient (Wildman–Crippen LogP) is 0.176. The van der Waals surface area contributed by atoms with Gasteiger partial charge in [-0.1, -0.05) is 0 Å². The largest absolute Gasteiger partial charge is 0.377 e. The number of sulfonamides is 2. The van der Waals surface area contributed by atoms with Crippen LogP contribution in [-0.4, -0.2) is 36.1 Å². The summed E-state index contributed by atoms with van der Waals surface area (Å²) in [5, 5.41) is 4.84. The summed E-state index contributed by atoms with van der Waals surface area (Å²) in [6.45, 7) is 3.69. The lowest BCUT2D eigenvalue weighted by atomic mass is 10.3. The van der Waals surface area contributed by atoms with Gasteiger partial charge in [0.1, 0.15) is 10.7 Å². The lowest BCUT2D eigenvalue weighted by molar-refractivity contribution is 0.0833. The lowest BCUT2D eigenvalue weighted by Gasteiger charge is -2.10. The molecule has 0 aromatic heterocycles. The van der Waals surface area contributed by atoms with Gasteiger partial charge in [0.2, 0.25) is 20.0 Å². The summed E-state index contributed by atoms with van der Waals surface area (Å²) in [4.78, 5) is -1.15. The first-order chi connectivity index (χ1) is 9.54. The molecule has 0 unspecified atom stereocenters. The monoisotopic (exact) mass is 340 g/mol. The van der Waals surface area contributed by atoms with Gasteiger partial charge in [-0.25, -0.2) is 31.1 Å². The van der Waals surface area contributed by atoms with Gasteiger partial charge in [0.15, 0.2) is 0 Å². The molecule has 1 aromatic carbocycles. The van der Waals surface area contributed by atoms with Crippen molar-refractivity contribution in [1.82, 2.24) is 4.72 Å². The van der Waals surface area contributed by atoms with E-state index in [4.69, 9.17) is 9.88 Å². The Hall–Kier alpha value is -1.07. The van der Waals surface area contributed by atoms with Crippen molar-refractivity contribution in [3.8, 4) is 0 Å². The number of primary sulfonamides is 1. The van der Waals surface area contributed by atoms with Crippen LogP contribution >= 0.6 is 0 Å². The Morgan fingerprint density at radius 2 is 1.90 bits per heavy atom. The second-order valence-electron chi connectivity index (χ2n) is 4.45. The molecule has 10 heteroatoms. The van der Waals surface area contributed by atoms with Crippen LogP contribution in [0.25, 0.3) is 0 Å². The van der Waals surface area contributed by atoms with E-state index in [0.29, 0.717) is 6.07 Å². The second kappa shape index (κ2) is 6.79. The highest BCUT2D eigenvalue weighted by molar-refractivity contribution is 7.89. The van der Waals surface area contributed by atoms with E-state index in [2.05, 4.69) is 4.72 Å². The molecule has 0 saturated heterocycles. The fourth-order valence-corrected chi connectivity index (χ4v) is 3.02. The Balaban J connectivity index is 2.89. The Kier molecular flexibility index (Phi) is 5.82. The maximum absolute atomic E-state index is 13.7. The zero-order valence-corrected chi connectivity index (χ0v) is 13.2. The van der Waals surface area contributed by atoms with Gasteiger partial charge in [-0.3, -0.25) is 0 Å². The van der Waals surface area contributed by atoms with Crippen LogP contribution in [0.5, 0.6) is 0 Å². The minimum Gasteiger partial charge on any atom is -0.377 e. The summed E-state index contributed by atoms with van der Waals surface area (Å²) in [5.74, 6) is -1.20. The molecule has 0 aliphatic rings. The predicted molar refractivity (Wildman–Crippen MR) is 74.0 cm³/mol. The quantitative estimate of drug-likeness (QED) is 0.687. The van der Waals surface area contributed by atoms with Gasteiger partial charge < -0.3 is 4.74 Å². The van der Waals surface area contributed by atoms with Crippen LogP contribution in [-0.2, 0) is 24.8 Å². The molecule has 120 valence electrons. The maximum Gasteiger partial charge on any atom is 0.243 e. The SMILES string of the molecule is CC(C)OCCNS(=O)(=O)c1ccc(S(N)(=O)=O)cc1F. The molecule has 0 aliphatic heterocycles. The average Bonchev–Trinajstić information content (AvgIpc) is 2.33. The van der Waals surface area contributed by atoms with Gasteiger partial charge in [-0.05, 0) is 32.0 Å². The van der Waals surface area contributed by atoms with Crippen molar-refractivity contribution in [2.75, 3.05) is 13.2 Å². The molecule has 1 aromatic rings. The fraction of sp³-hybridized carbons (Fsp3) is 0.455. The normalized spacial score (nSPS) is 12.8. The van der Waals surface area contributed by atoms with E-state index in [1.165, 1.54) is 0 Å². The Bertz CT molecular complexity index is 701. The van der Waals surface area contributed by atoms with Gasteiger partial charge in [0.25, 0.3) is 0 Å². The number of hydrogen-bond acceptors (Lipinski definition) is 5. The van der Waals surface area contributed by atoms with Crippen molar-refractivity contribution in [2.24, 2.45) is 5.14 Å².